The smallest absolute Gasteiger partial charge is 0.309 e. The fraction of sp³-hybridized carbons (Fsp3) is 0.562. The van der Waals surface area contributed by atoms with Crippen molar-refractivity contribution in [2.75, 3.05) is 0 Å². The molecule has 5 heteroatoms. The van der Waals surface area contributed by atoms with Gasteiger partial charge in [-0.3, -0.25) is 14.9 Å². The van der Waals surface area contributed by atoms with Crippen LogP contribution in [0.15, 0.2) is 24.3 Å². The maximum absolute atomic E-state index is 11.6. The van der Waals surface area contributed by atoms with E-state index in [4.69, 9.17) is 0 Å². The summed E-state index contributed by atoms with van der Waals surface area (Å²) in [6.07, 6.45) is 4.36. The van der Waals surface area contributed by atoms with E-state index < -0.39 is 16.3 Å². The number of rotatable bonds is 9. The van der Waals surface area contributed by atoms with Crippen molar-refractivity contribution in [3.63, 3.8) is 0 Å². The van der Waals surface area contributed by atoms with Crippen LogP contribution in [0.2, 0.25) is 0 Å². The van der Waals surface area contributed by atoms with Gasteiger partial charge in [0, 0.05) is 12.1 Å². The van der Waals surface area contributed by atoms with Crippen LogP contribution < -0.4 is 0 Å². The predicted molar refractivity (Wildman–Crippen MR) is 81.3 cm³/mol. The first-order chi connectivity index (χ1) is 9.95. The Bertz CT molecular complexity index is 484. The van der Waals surface area contributed by atoms with E-state index in [1.165, 1.54) is 12.1 Å². The highest BCUT2D eigenvalue weighted by molar-refractivity contribution is 5.74. The van der Waals surface area contributed by atoms with Gasteiger partial charge in [0.05, 0.1) is 10.3 Å². The zero-order valence-electron chi connectivity index (χ0n) is 12.7. The molecule has 0 heterocycles. The first-order valence-electron chi connectivity index (χ1n) is 7.42. The van der Waals surface area contributed by atoms with Gasteiger partial charge in [0.2, 0.25) is 0 Å². The number of aliphatic carboxylic acids is 1. The maximum Gasteiger partial charge on any atom is 0.309 e. The summed E-state index contributed by atoms with van der Waals surface area (Å²) in [5.74, 6) is -0.736. The van der Waals surface area contributed by atoms with E-state index in [1.807, 2.05) is 6.92 Å². The quantitative estimate of drug-likeness (QED) is 0.546. The molecule has 0 amide bonds. The van der Waals surface area contributed by atoms with Crippen molar-refractivity contribution in [2.45, 2.75) is 52.4 Å². The van der Waals surface area contributed by atoms with Crippen molar-refractivity contribution in [2.24, 2.45) is 5.41 Å². The van der Waals surface area contributed by atoms with Crippen LogP contribution in [-0.2, 0) is 11.2 Å². The third-order valence-electron chi connectivity index (χ3n) is 4.18. The number of non-ortho nitro benzene ring substituents is 1. The summed E-state index contributed by atoms with van der Waals surface area (Å²) < 4.78 is 0. The van der Waals surface area contributed by atoms with Crippen LogP contribution in [0.3, 0.4) is 0 Å². The van der Waals surface area contributed by atoms with Crippen LogP contribution in [-0.4, -0.2) is 16.0 Å². The molecule has 1 N–H and O–H groups in total. The molecular formula is C16H23NO4. The highest BCUT2D eigenvalue weighted by Gasteiger charge is 2.35. The zero-order valence-corrected chi connectivity index (χ0v) is 12.7. The van der Waals surface area contributed by atoms with Crippen molar-refractivity contribution < 1.29 is 14.8 Å². The van der Waals surface area contributed by atoms with E-state index >= 15 is 0 Å². The largest absolute Gasteiger partial charge is 0.481 e. The number of aryl methyl sites for hydroxylation is 1. The molecule has 1 atom stereocenters. The number of benzene rings is 1. The molecule has 0 aliphatic heterocycles. The number of nitrogens with zero attached hydrogens (tertiary/aromatic N) is 1. The van der Waals surface area contributed by atoms with Crippen LogP contribution in [0.4, 0.5) is 5.69 Å². The lowest BCUT2D eigenvalue weighted by molar-refractivity contribution is -0.384. The summed E-state index contributed by atoms with van der Waals surface area (Å²) in [5.41, 5.74) is 0.318. The maximum atomic E-state index is 11.6. The van der Waals surface area contributed by atoms with E-state index in [-0.39, 0.29) is 5.69 Å². The summed E-state index contributed by atoms with van der Waals surface area (Å²) in [5, 5.41) is 20.2. The number of nitro benzene ring substituents is 1. The number of hydrogen-bond donors (Lipinski definition) is 1. The fourth-order valence-electron chi connectivity index (χ4n) is 2.53. The van der Waals surface area contributed by atoms with Gasteiger partial charge in [0.1, 0.15) is 0 Å². The van der Waals surface area contributed by atoms with Gasteiger partial charge in [-0.25, -0.2) is 0 Å². The summed E-state index contributed by atoms with van der Waals surface area (Å²) >= 11 is 0. The first kappa shape index (κ1) is 17.1. The second kappa shape index (κ2) is 7.76. The number of nitro groups is 1. The Morgan fingerprint density at radius 3 is 2.29 bits per heavy atom. The van der Waals surface area contributed by atoms with Crippen molar-refractivity contribution in [1.82, 2.24) is 0 Å². The Morgan fingerprint density at radius 2 is 1.86 bits per heavy atom. The zero-order chi connectivity index (χ0) is 15.9. The third kappa shape index (κ3) is 4.55. The van der Waals surface area contributed by atoms with Gasteiger partial charge in [-0.1, -0.05) is 38.8 Å². The summed E-state index contributed by atoms with van der Waals surface area (Å²) in [4.78, 5) is 21.8. The molecule has 0 spiro atoms. The minimum absolute atomic E-state index is 0.0599. The van der Waals surface area contributed by atoms with Crippen LogP contribution >= 0.6 is 0 Å². The van der Waals surface area contributed by atoms with E-state index in [9.17, 15) is 20.0 Å². The van der Waals surface area contributed by atoms with E-state index in [0.29, 0.717) is 25.7 Å². The first-order valence-corrected chi connectivity index (χ1v) is 7.42. The molecule has 0 saturated heterocycles. The number of carboxylic acid groups (broad SMARTS) is 1. The van der Waals surface area contributed by atoms with Crippen molar-refractivity contribution in [1.29, 1.82) is 0 Å². The predicted octanol–water partition coefficient (Wildman–Crippen LogP) is 4.20. The molecule has 5 nitrogen and oxygen atoms in total. The molecule has 0 aromatic heterocycles. The molecule has 1 aromatic rings. The lowest BCUT2D eigenvalue weighted by Gasteiger charge is -2.28. The summed E-state index contributed by atoms with van der Waals surface area (Å²) in [6.45, 7) is 3.97. The standard InChI is InChI=1S/C16H23NO4/c1-3-5-11-16(4-2,15(18)19)12-10-13-6-8-14(9-7-13)17(20)21/h6-9H,3-5,10-12H2,1-2H3,(H,18,19). The Morgan fingerprint density at radius 1 is 1.24 bits per heavy atom. The van der Waals surface area contributed by atoms with Gasteiger partial charge in [-0.15, -0.1) is 0 Å². The molecule has 0 aliphatic rings. The Labute approximate surface area is 125 Å². The SMILES string of the molecule is CCCCC(CC)(CCc1ccc([N+](=O)[O-])cc1)C(=O)O. The lowest BCUT2D eigenvalue weighted by atomic mass is 9.76. The summed E-state index contributed by atoms with van der Waals surface area (Å²) in [7, 11) is 0. The number of carbonyl (C=O) groups is 1. The van der Waals surface area contributed by atoms with Gasteiger partial charge < -0.3 is 5.11 Å². The molecule has 1 rings (SSSR count). The van der Waals surface area contributed by atoms with Gasteiger partial charge in [-0.05, 0) is 31.2 Å². The fourth-order valence-corrected chi connectivity index (χ4v) is 2.53. The Hall–Kier alpha value is -1.91. The average Bonchev–Trinajstić information content (AvgIpc) is 2.48. The second-order valence-electron chi connectivity index (χ2n) is 5.47. The molecule has 0 aliphatic carbocycles. The molecule has 1 unspecified atom stereocenters. The minimum Gasteiger partial charge on any atom is -0.481 e. The number of unbranched alkanes of at least 4 members (excludes halogenated alkanes) is 1. The van der Waals surface area contributed by atoms with Crippen LogP contribution in [0.5, 0.6) is 0 Å². The van der Waals surface area contributed by atoms with Gasteiger partial charge in [0.25, 0.3) is 5.69 Å². The van der Waals surface area contributed by atoms with Crippen molar-refractivity contribution >= 4 is 11.7 Å². The Kier molecular flexibility index (Phi) is 6.34. The van der Waals surface area contributed by atoms with Crippen LogP contribution in [0, 0.1) is 15.5 Å². The molecular weight excluding hydrogens is 270 g/mol. The molecule has 0 radical (unpaired) electrons. The normalized spacial score (nSPS) is 13.6. The average molecular weight is 293 g/mol. The molecule has 0 saturated carbocycles. The van der Waals surface area contributed by atoms with E-state index in [2.05, 4.69) is 6.92 Å². The molecule has 1 aromatic carbocycles. The summed E-state index contributed by atoms with van der Waals surface area (Å²) in [6, 6.07) is 6.35. The van der Waals surface area contributed by atoms with Crippen molar-refractivity contribution in [3.8, 4) is 0 Å². The monoisotopic (exact) mass is 293 g/mol. The molecule has 0 bridgehead atoms. The second-order valence-corrected chi connectivity index (χ2v) is 5.47. The van der Waals surface area contributed by atoms with Crippen LogP contribution in [0.25, 0.3) is 0 Å². The number of hydrogen-bond acceptors (Lipinski definition) is 3. The van der Waals surface area contributed by atoms with E-state index in [0.717, 1.165) is 18.4 Å². The van der Waals surface area contributed by atoms with Gasteiger partial charge in [-0.2, -0.15) is 0 Å². The molecule has 116 valence electrons. The highest BCUT2D eigenvalue weighted by atomic mass is 16.6. The molecule has 21 heavy (non-hydrogen) atoms. The third-order valence-corrected chi connectivity index (χ3v) is 4.18. The minimum atomic E-state index is -0.736. The topological polar surface area (TPSA) is 80.4 Å². The van der Waals surface area contributed by atoms with Gasteiger partial charge in [0.15, 0.2) is 0 Å². The van der Waals surface area contributed by atoms with Crippen molar-refractivity contribution in [3.05, 3.63) is 39.9 Å². The highest BCUT2D eigenvalue weighted by Crippen LogP contribution is 2.34. The lowest BCUT2D eigenvalue weighted by Crippen LogP contribution is -2.31. The van der Waals surface area contributed by atoms with Gasteiger partial charge >= 0.3 is 5.97 Å². The van der Waals surface area contributed by atoms with Crippen LogP contribution in [0.1, 0.15) is 51.5 Å². The number of carboxylic acids is 1. The molecule has 0 fully saturated rings. The Balaban J connectivity index is 2.76. The van der Waals surface area contributed by atoms with E-state index in [1.54, 1.807) is 12.1 Å².